The molecule has 0 saturated heterocycles. The van der Waals surface area contributed by atoms with Crippen LogP contribution in [0.2, 0.25) is 15.1 Å². The molecule has 2 amide bonds. The average Bonchev–Trinajstić information content (AvgIpc) is 3.47. The Kier molecular flexibility index (Phi) is 11.8. The summed E-state index contributed by atoms with van der Waals surface area (Å²) in [7, 11) is -3.64. The Morgan fingerprint density at radius 1 is 0.907 bits per heavy atom. The van der Waals surface area contributed by atoms with Crippen LogP contribution in [0.3, 0.4) is 0 Å². The van der Waals surface area contributed by atoms with Crippen molar-refractivity contribution >= 4 is 62.3 Å². The Morgan fingerprint density at radius 3 is 2.28 bits per heavy atom. The molecule has 1 aliphatic carbocycles. The van der Waals surface area contributed by atoms with E-state index in [4.69, 9.17) is 34.8 Å². The van der Waals surface area contributed by atoms with Crippen LogP contribution in [0.25, 0.3) is 0 Å². The molecule has 1 aliphatic rings. The molecule has 1 saturated carbocycles. The van der Waals surface area contributed by atoms with E-state index in [9.17, 15) is 18.0 Å². The zero-order valence-corrected chi connectivity index (χ0v) is 27.1. The maximum absolute atomic E-state index is 14.0. The first-order chi connectivity index (χ1) is 20.5. The van der Waals surface area contributed by atoms with Crippen LogP contribution in [-0.4, -0.2) is 50.0 Å². The van der Waals surface area contributed by atoms with Gasteiger partial charge >= 0.3 is 0 Å². The monoisotopic (exact) mass is 663 g/mol. The van der Waals surface area contributed by atoms with Gasteiger partial charge in [0.15, 0.2) is 0 Å². The van der Waals surface area contributed by atoms with E-state index in [1.54, 1.807) is 47.4 Å². The molecule has 4 rings (SSSR count). The van der Waals surface area contributed by atoms with Gasteiger partial charge in [-0.3, -0.25) is 13.9 Å². The number of carbonyl (C=O) groups is 2. The molecular formula is C32H36Cl3N3O4S. The molecule has 0 bridgehead atoms. The number of nitrogens with one attached hydrogen (secondary N) is 1. The van der Waals surface area contributed by atoms with Gasteiger partial charge in [0.05, 0.1) is 22.0 Å². The molecule has 1 atom stereocenters. The van der Waals surface area contributed by atoms with E-state index >= 15 is 0 Å². The summed E-state index contributed by atoms with van der Waals surface area (Å²) >= 11 is 18.6. The third-order valence-corrected chi connectivity index (χ3v) is 9.73. The zero-order valence-electron chi connectivity index (χ0n) is 24.0. The Bertz CT molecular complexity index is 1520. The zero-order chi connectivity index (χ0) is 31.0. The van der Waals surface area contributed by atoms with E-state index in [1.807, 2.05) is 30.3 Å². The number of amides is 2. The summed E-state index contributed by atoms with van der Waals surface area (Å²) in [6.45, 7) is 0.207. The van der Waals surface area contributed by atoms with Crippen LogP contribution in [0.4, 0.5) is 5.69 Å². The quantitative estimate of drug-likeness (QED) is 0.216. The molecule has 3 aromatic rings. The summed E-state index contributed by atoms with van der Waals surface area (Å²) in [5.41, 5.74) is 2.07. The highest BCUT2D eigenvalue weighted by Gasteiger charge is 2.32. The predicted molar refractivity (Wildman–Crippen MR) is 174 cm³/mol. The lowest BCUT2D eigenvalue weighted by Crippen LogP contribution is -2.52. The predicted octanol–water partition coefficient (Wildman–Crippen LogP) is 6.89. The first kappa shape index (κ1) is 33.1. The van der Waals surface area contributed by atoms with E-state index in [0.717, 1.165) is 43.1 Å². The fourth-order valence-electron chi connectivity index (χ4n) is 5.39. The number of carbonyl (C=O) groups excluding carboxylic acids is 2. The fraction of sp³-hybridized carbons (Fsp3) is 0.375. The lowest BCUT2D eigenvalue weighted by molar-refractivity contribution is -0.141. The summed E-state index contributed by atoms with van der Waals surface area (Å²) < 4.78 is 26.5. The van der Waals surface area contributed by atoms with Gasteiger partial charge in [-0.05, 0) is 60.7 Å². The van der Waals surface area contributed by atoms with Crippen molar-refractivity contribution in [3.63, 3.8) is 0 Å². The molecular weight excluding hydrogens is 629 g/mol. The summed E-state index contributed by atoms with van der Waals surface area (Å²) in [4.78, 5) is 29.4. The molecule has 0 radical (unpaired) electrons. The second-order valence-corrected chi connectivity index (χ2v) is 14.0. The van der Waals surface area contributed by atoms with Crippen molar-refractivity contribution < 1.29 is 18.0 Å². The van der Waals surface area contributed by atoms with Gasteiger partial charge in [0.1, 0.15) is 6.04 Å². The number of hydrogen-bond acceptors (Lipinski definition) is 4. The van der Waals surface area contributed by atoms with E-state index in [-0.39, 0.29) is 43.8 Å². The number of sulfonamides is 1. The molecule has 0 heterocycles. The van der Waals surface area contributed by atoms with E-state index in [0.29, 0.717) is 27.2 Å². The van der Waals surface area contributed by atoms with Crippen molar-refractivity contribution in [3.05, 3.63) is 99.0 Å². The minimum absolute atomic E-state index is 0.0237. The molecule has 43 heavy (non-hydrogen) atoms. The number of nitrogens with zero attached hydrogens (tertiary/aromatic N) is 2. The molecule has 0 spiro atoms. The van der Waals surface area contributed by atoms with Crippen LogP contribution in [0.5, 0.6) is 0 Å². The van der Waals surface area contributed by atoms with Gasteiger partial charge in [-0.25, -0.2) is 8.42 Å². The third kappa shape index (κ3) is 9.60. The van der Waals surface area contributed by atoms with Gasteiger partial charge in [-0.2, -0.15) is 0 Å². The van der Waals surface area contributed by atoms with E-state index in [1.165, 1.54) is 4.31 Å². The first-order valence-electron chi connectivity index (χ1n) is 14.3. The van der Waals surface area contributed by atoms with Crippen molar-refractivity contribution in [2.24, 2.45) is 0 Å². The lowest BCUT2D eigenvalue weighted by atomic mass is 10.0. The molecule has 11 heteroatoms. The largest absolute Gasteiger partial charge is 0.352 e. The molecule has 3 aromatic carbocycles. The third-order valence-electron chi connectivity index (χ3n) is 7.56. The van der Waals surface area contributed by atoms with Gasteiger partial charge in [0, 0.05) is 37.0 Å². The van der Waals surface area contributed by atoms with Crippen LogP contribution in [-0.2, 0) is 32.6 Å². The number of rotatable bonds is 13. The van der Waals surface area contributed by atoms with Gasteiger partial charge < -0.3 is 10.2 Å². The molecule has 1 N–H and O–H groups in total. The summed E-state index contributed by atoms with van der Waals surface area (Å²) in [5, 5.41) is 4.34. The Morgan fingerprint density at radius 2 is 1.63 bits per heavy atom. The second kappa shape index (κ2) is 15.3. The molecule has 7 nitrogen and oxygen atoms in total. The van der Waals surface area contributed by atoms with Crippen LogP contribution in [0.15, 0.2) is 72.8 Å². The van der Waals surface area contributed by atoms with E-state index in [2.05, 4.69) is 5.32 Å². The van der Waals surface area contributed by atoms with Crippen LogP contribution in [0.1, 0.15) is 49.7 Å². The minimum atomic E-state index is -3.64. The minimum Gasteiger partial charge on any atom is -0.352 e. The van der Waals surface area contributed by atoms with Gasteiger partial charge in [0.25, 0.3) is 0 Å². The molecule has 1 fully saturated rings. The van der Waals surface area contributed by atoms with Crippen molar-refractivity contribution in [2.75, 3.05) is 17.1 Å². The highest BCUT2D eigenvalue weighted by molar-refractivity contribution is 7.92. The number of hydrogen-bond donors (Lipinski definition) is 1. The summed E-state index contributed by atoms with van der Waals surface area (Å²) in [6.07, 6.45) is 5.65. The highest BCUT2D eigenvalue weighted by atomic mass is 35.5. The maximum Gasteiger partial charge on any atom is 0.243 e. The summed E-state index contributed by atoms with van der Waals surface area (Å²) in [5.74, 6) is -0.478. The van der Waals surface area contributed by atoms with Crippen LogP contribution >= 0.6 is 34.8 Å². The maximum atomic E-state index is 14.0. The van der Waals surface area contributed by atoms with Crippen molar-refractivity contribution in [1.82, 2.24) is 10.2 Å². The van der Waals surface area contributed by atoms with Gasteiger partial charge in [-0.1, -0.05) is 90.1 Å². The van der Waals surface area contributed by atoms with Crippen molar-refractivity contribution in [2.45, 2.75) is 63.6 Å². The normalized spacial score (nSPS) is 14.3. The van der Waals surface area contributed by atoms with Crippen LogP contribution < -0.4 is 9.62 Å². The topological polar surface area (TPSA) is 86.8 Å². The molecule has 1 unspecified atom stereocenters. The smallest absolute Gasteiger partial charge is 0.243 e. The Balaban J connectivity index is 1.60. The number of anilines is 1. The fourth-order valence-corrected chi connectivity index (χ4v) is 6.85. The number of halogens is 3. The first-order valence-corrected chi connectivity index (χ1v) is 17.3. The Labute approximate surface area is 269 Å². The van der Waals surface area contributed by atoms with Crippen molar-refractivity contribution in [1.29, 1.82) is 0 Å². The Hall–Kier alpha value is -2.78. The number of benzene rings is 3. The molecule has 0 aliphatic heterocycles. The average molecular weight is 665 g/mol. The standard InChI is InChI=1S/C32H36Cl3N3O4S/c1-43(41,42)38(27-14-7-11-25(33)21-27)18-8-15-31(39)37(22-24-16-17-28(34)29(35)19-24)30(20-23-9-3-2-4-10-23)32(40)36-26-12-5-6-13-26/h2-4,7,9-11,14,16-17,19,21,26,30H,5-6,8,12-13,15,18,20,22H2,1H3,(H,36,40). The van der Waals surface area contributed by atoms with Gasteiger partial charge in [0.2, 0.25) is 21.8 Å². The molecule has 0 aromatic heterocycles. The lowest BCUT2D eigenvalue weighted by Gasteiger charge is -2.33. The van der Waals surface area contributed by atoms with Gasteiger partial charge in [-0.15, -0.1) is 0 Å². The van der Waals surface area contributed by atoms with Crippen LogP contribution in [0, 0.1) is 0 Å². The highest BCUT2D eigenvalue weighted by Crippen LogP contribution is 2.26. The SMILES string of the molecule is CS(=O)(=O)N(CCCC(=O)N(Cc1ccc(Cl)c(Cl)c1)C(Cc1ccccc1)C(=O)NC1CCCC1)c1cccc(Cl)c1. The van der Waals surface area contributed by atoms with Crippen molar-refractivity contribution in [3.8, 4) is 0 Å². The van der Waals surface area contributed by atoms with E-state index < -0.39 is 16.1 Å². The summed E-state index contributed by atoms with van der Waals surface area (Å²) in [6, 6.07) is 20.6. The molecule has 230 valence electrons. The second-order valence-electron chi connectivity index (χ2n) is 10.9.